The van der Waals surface area contributed by atoms with Gasteiger partial charge in [0.1, 0.15) is 0 Å². The number of hydrogen-bond donors (Lipinski definition) is 0. The van der Waals surface area contributed by atoms with Gasteiger partial charge < -0.3 is 8.80 Å². The molecule has 222 valence electrons. The van der Waals surface area contributed by atoms with Crippen molar-refractivity contribution in [1.29, 1.82) is 0 Å². The molecule has 0 saturated heterocycles. The van der Waals surface area contributed by atoms with Gasteiger partial charge in [-0.05, 0) is 77.3 Å². The van der Waals surface area contributed by atoms with Crippen molar-refractivity contribution >= 4 is 72.6 Å². The van der Waals surface area contributed by atoms with Gasteiger partial charge in [-0.3, -0.25) is 0 Å². The molecule has 0 fully saturated rings. The highest BCUT2D eigenvalue weighted by Gasteiger charge is 2.35. The van der Waals surface area contributed by atoms with Crippen LogP contribution in [-0.4, -0.2) is 8.80 Å². The lowest BCUT2D eigenvalue weighted by Crippen LogP contribution is -2.29. The summed E-state index contributed by atoms with van der Waals surface area (Å²) < 4.78 is 5.26. The van der Waals surface area contributed by atoms with E-state index in [4.69, 9.17) is 0 Å². The van der Waals surface area contributed by atoms with Crippen molar-refractivity contribution in [2.45, 2.75) is 44.9 Å². The van der Waals surface area contributed by atoms with Gasteiger partial charge in [0, 0.05) is 59.6 Å². The van der Waals surface area contributed by atoms with E-state index in [1.165, 1.54) is 110 Å². The Morgan fingerprint density at radius 1 is 0.596 bits per heavy atom. The minimum Gasteiger partial charge on any atom is -0.312 e. The third-order valence-electron chi connectivity index (χ3n) is 12.1. The summed E-state index contributed by atoms with van der Waals surface area (Å²) in [6, 6.07) is 32.5. The Hall–Kier alpha value is -5.34. The number of rotatable bonds is 1. The van der Waals surface area contributed by atoms with Crippen LogP contribution in [0.4, 0.5) is 0 Å². The Morgan fingerprint density at radius 2 is 1.34 bits per heavy atom. The van der Waals surface area contributed by atoms with Crippen LogP contribution in [-0.2, 0) is 11.8 Å². The third-order valence-corrected chi connectivity index (χ3v) is 12.1. The zero-order chi connectivity index (χ0) is 30.8. The smallest absolute Gasteiger partial charge is 0.0634 e. The van der Waals surface area contributed by atoms with Gasteiger partial charge in [0.15, 0.2) is 0 Å². The molecule has 4 heterocycles. The minimum atomic E-state index is 0.0145. The molecule has 0 spiro atoms. The van der Waals surface area contributed by atoms with Crippen LogP contribution in [0.25, 0.3) is 94.9 Å². The molecule has 0 unspecified atom stereocenters. The predicted molar refractivity (Wildman–Crippen MR) is 199 cm³/mol. The highest BCUT2D eigenvalue weighted by molar-refractivity contribution is 6.39. The van der Waals surface area contributed by atoms with Gasteiger partial charge in [-0.1, -0.05) is 105 Å². The zero-order valence-electron chi connectivity index (χ0n) is 26.6. The lowest BCUT2D eigenvalue weighted by Gasteiger charge is -2.21. The molecule has 0 radical (unpaired) electrons. The predicted octanol–water partition coefficient (Wildman–Crippen LogP) is 9.97. The average molecular weight is 601 g/mol. The Labute approximate surface area is 271 Å². The minimum absolute atomic E-state index is 0.0145. The maximum atomic E-state index is 2.66. The van der Waals surface area contributed by atoms with Crippen molar-refractivity contribution in [3.63, 3.8) is 0 Å². The van der Waals surface area contributed by atoms with E-state index in [1.54, 1.807) is 0 Å². The van der Waals surface area contributed by atoms with Crippen molar-refractivity contribution in [3.05, 3.63) is 124 Å². The molecule has 3 aliphatic carbocycles. The van der Waals surface area contributed by atoms with Crippen molar-refractivity contribution in [2.75, 3.05) is 0 Å². The molecule has 47 heavy (non-hydrogen) atoms. The summed E-state index contributed by atoms with van der Waals surface area (Å²) in [6.45, 7) is 4.72. The van der Waals surface area contributed by atoms with Crippen LogP contribution in [0.2, 0.25) is 0 Å². The van der Waals surface area contributed by atoms with E-state index in [9.17, 15) is 0 Å². The second-order valence-corrected chi connectivity index (χ2v) is 14.6. The summed E-state index contributed by atoms with van der Waals surface area (Å²) in [5.74, 6) is 0. The van der Waals surface area contributed by atoms with Crippen LogP contribution < -0.4 is 10.6 Å². The molecule has 2 nitrogen and oxygen atoms in total. The number of nitrogens with zero attached hydrogens (tertiary/aromatic N) is 2. The molecule has 5 aromatic carbocycles. The Bertz CT molecular complexity index is 3030. The standard InChI is InChI=1S/C45H32N2/c1-45(2)33-15-7-3-11-27(33)32-23-25(20-22-34(32)45)26-19-21-31-38(24-26)47-37-18-10-6-14-30(37)40-39-28-12-4-8-16-35(28)46-36-17-9-5-13-29(36)41(43(39)46)42(31)44(40)47/h3-4,6-7,10-15,17-24H,5,8-9,16H2,1-2H3. The van der Waals surface area contributed by atoms with Gasteiger partial charge in [-0.2, -0.15) is 0 Å². The number of para-hydroxylation sites is 1. The Balaban J connectivity index is 1.25. The molecule has 9 aromatic rings. The van der Waals surface area contributed by atoms with Crippen LogP contribution in [0.1, 0.15) is 55.5 Å². The summed E-state index contributed by atoms with van der Waals surface area (Å²) >= 11 is 0. The van der Waals surface area contributed by atoms with Crippen LogP contribution in [0.5, 0.6) is 0 Å². The third kappa shape index (κ3) is 2.75. The summed E-state index contributed by atoms with van der Waals surface area (Å²) in [4.78, 5) is 0. The van der Waals surface area contributed by atoms with E-state index in [1.807, 2.05) is 0 Å². The van der Waals surface area contributed by atoms with Crippen molar-refractivity contribution in [2.24, 2.45) is 0 Å². The lowest BCUT2D eigenvalue weighted by atomic mass is 9.82. The number of aryl methyl sites for hydroxylation is 1. The Kier molecular flexibility index (Phi) is 4.30. The highest BCUT2D eigenvalue weighted by atomic mass is 14.9. The van der Waals surface area contributed by atoms with Crippen molar-refractivity contribution in [3.8, 4) is 22.3 Å². The largest absolute Gasteiger partial charge is 0.312 e. The van der Waals surface area contributed by atoms with Crippen LogP contribution >= 0.6 is 0 Å². The summed E-state index contributed by atoms with van der Waals surface area (Å²) in [7, 11) is 0. The number of hydrogen-bond acceptors (Lipinski definition) is 0. The first kappa shape index (κ1) is 24.8. The molecule has 0 bridgehead atoms. The fourth-order valence-electron chi connectivity index (χ4n) is 10.1. The fourth-order valence-corrected chi connectivity index (χ4v) is 10.1. The number of fused-ring (bicyclic) bond motifs is 17. The summed E-state index contributed by atoms with van der Waals surface area (Å²) in [6.07, 6.45) is 14.3. The molecular formula is C45H32N2. The fraction of sp³-hybridized carbons (Fsp3) is 0.156. The first-order valence-electron chi connectivity index (χ1n) is 17.3. The molecule has 2 heteroatoms. The molecule has 12 rings (SSSR count). The van der Waals surface area contributed by atoms with E-state index < -0.39 is 0 Å². The summed E-state index contributed by atoms with van der Waals surface area (Å²) in [5.41, 5.74) is 16.5. The van der Waals surface area contributed by atoms with Gasteiger partial charge in [0.25, 0.3) is 0 Å². The number of benzene rings is 5. The molecule has 4 aromatic heterocycles. The van der Waals surface area contributed by atoms with Gasteiger partial charge >= 0.3 is 0 Å². The monoisotopic (exact) mass is 600 g/mol. The van der Waals surface area contributed by atoms with E-state index >= 15 is 0 Å². The second kappa shape index (κ2) is 8.14. The second-order valence-electron chi connectivity index (χ2n) is 14.6. The first-order valence-corrected chi connectivity index (χ1v) is 17.3. The van der Waals surface area contributed by atoms with Gasteiger partial charge in [0.2, 0.25) is 0 Å². The maximum Gasteiger partial charge on any atom is 0.0634 e. The normalized spacial score (nSPS) is 16.4. The van der Waals surface area contributed by atoms with Crippen LogP contribution in [0.15, 0.2) is 91.0 Å². The van der Waals surface area contributed by atoms with E-state index in [2.05, 4.69) is 132 Å². The number of aromatic nitrogens is 2. The van der Waals surface area contributed by atoms with E-state index in [-0.39, 0.29) is 5.41 Å². The zero-order valence-corrected chi connectivity index (χ0v) is 26.6. The molecular weight excluding hydrogens is 569 g/mol. The Morgan fingerprint density at radius 3 is 2.30 bits per heavy atom. The van der Waals surface area contributed by atoms with Gasteiger partial charge in [-0.15, -0.1) is 0 Å². The van der Waals surface area contributed by atoms with E-state index in [0.29, 0.717) is 0 Å². The summed E-state index contributed by atoms with van der Waals surface area (Å²) in [5, 5.41) is 11.3. The van der Waals surface area contributed by atoms with E-state index in [0.717, 1.165) is 25.7 Å². The van der Waals surface area contributed by atoms with Crippen LogP contribution in [0, 0.1) is 0 Å². The molecule has 3 aliphatic rings. The van der Waals surface area contributed by atoms with Crippen LogP contribution in [0.3, 0.4) is 0 Å². The molecule has 0 N–H and O–H groups in total. The molecule has 0 amide bonds. The number of allylic oxidation sites excluding steroid dienone is 1. The highest BCUT2D eigenvalue weighted by Crippen LogP contribution is 2.51. The molecule has 0 saturated carbocycles. The topological polar surface area (TPSA) is 8.82 Å². The SMILES string of the molecule is CC1(C)c2ccccc2-c2cc(-c3ccc4c5c6c7c(n8c9c(c(c%10c%11ccccc%11n(c4c3)c%105)c68)C=CCC9)=CCCC=7)ccc21. The lowest BCUT2D eigenvalue weighted by molar-refractivity contribution is 0.660. The first-order chi connectivity index (χ1) is 23.1. The average Bonchev–Trinajstić information content (AvgIpc) is 3.88. The maximum absolute atomic E-state index is 2.66. The molecule has 0 atom stereocenters. The molecule has 0 aliphatic heterocycles. The van der Waals surface area contributed by atoms with Crippen molar-refractivity contribution < 1.29 is 0 Å². The van der Waals surface area contributed by atoms with Crippen molar-refractivity contribution in [1.82, 2.24) is 8.80 Å². The van der Waals surface area contributed by atoms with Gasteiger partial charge in [0.05, 0.1) is 22.1 Å². The van der Waals surface area contributed by atoms with Gasteiger partial charge in [-0.25, -0.2) is 0 Å². The quantitative estimate of drug-likeness (QED) is 0.177.